The molecule has 0 aromatic carbocycles. The van der Waals surface area contributed by atoms with E-state index in [4.69, 9.17) is 8.83 Å². The first-order valence-corrected chi connectivity index (χ1v) is 9.54. The van der Waals surface area contributed by atoms with Gasteiger partial charge in [-0.3, -0.25) is 4.79 Å². The maximum Gasteiger partial charge on any atom is 0.200 e. The van der Waals surface area contributed by atoms with Crippen LogP contribution in [0.3, 0.4) is 0 Å². The molecule has 3 heteroatoms. The predicted octanol–water partition coefficient (Wildman–Crippen LogP) is 6.20. The molecule has 0 unspecified atom stereocenters. The summed E-state index contributed by atoms with van der Waals surface area (Å²) in [7, 11) is 0. The lowest BCUT2D eigenvalue weighted by Gasteiger charge is -2.21. The summed E-state index contributed by atoms with van der Waals surface area (Å²) in [5, 5.41) is 0. The first kappa shape index (κ1) is 15.7. The lowest BCUT2D eigenvalue weighted by Crippen LogP contribution is -2.12. The lowest BCUT2D eigenvalue weighted by atomic mass is 9.83. The van der Waals surface area contributed by atoms with Gasteiger partial charge in [-0.2, -0.15) is 0 Å². The molecule has 128 valence electrons. The van der Waals surface area contributed by atoms with Crippen LogP contribution in [0.2, 0.25) is 0 Å². The quantitative estimate of drug-likeness (QED) is 0.628. The van der Waals surface area contributed by atoms with Gasteiger partial charge in [-0.05, 0) is 37.8 Å². The normalized spacial score (nSPS) is 20.3. The van der Waals surface area contributed by atoms with E-state index in [9.17, 15) is 4.79 Å². The molecule has 0 saturated heterocycles. The van der Waals surface area contributed by atoms with Gasteiger partial charge in [0.1, 0.15) is 11.5 Å². The van der Waals surface area contributed by atoms with E-state index in [1.165, 1.54) is 38.5 Å². The fourth-order valence-corrected chi connectivity index (χ4v) is 4.52. The smallest absolute Gasteiger partial charge is 0.200 e. The van der Waals surface area contributed by atoms with Gasteiger partial charge < -0.3 is 8.83 Å². The minimum Gasteiger partial charge on any atom is -0.468 e. The van der Waals surface area contributed by atoms with E-state index < -0.39 is 0 Å². The average molecular weight is 326 g/mol. The van der Waals surface area contributed by atoms with Crippen molar-refractivity contribution in [3.63, 3.8) is 0 Å². The fraction of sp³-hybridized carbons (Fsp3) is 0.571. The molecule has 2 heterocycles. The first-order chi connectivity index (χ1) is 11.8. The van der Waals surface area contributed by atoms with Crippen molar-refractivity contribution in [2.24, 2.45) is 0 Å². The summed E-state index contributed by atoms with van der Waals surface area (Å²) in [5.74, 6) is 2.68. The molecule has 24 heavy (non-hydrogen) atoms. The molecule has 0 amide bonds. The SMILES string of the molecule is O=C(c1ccoc1C1CCCCC1)c1ccoc1C1CCCCC1. The molecule has 0 aliphatic heterocycles. The third kappa shape index (κ3) is 2.97. The van der Waals surface area contributed by atoms with Crippen LogP contribution in [0.1, 0.15) is 103 Å². The molecular formula is C21H26O3. The predicted molar refractivity (Wildman–Crippen MR) is 92.5 cm³/mol. The molecule has 2 saturated carbocycles. The summed E-state index contributed by atoms with van der Waals surface area (Å²) in [5.41, 5.74) is 1.50. The summed E-state index contributed by atoms with van der Waals surface area (Å²) in [6.07, 6.45) is 15.4. The topological polar surface area (TPSA) is 43.4 Å². The first-order valence-electron chi connectivity index (χ1n) is 9.54. The van der Waals surface area contributed by atoms with Gasteiger partial charge in [0.2, 0.25) is 0 Å². The Kier molecular flexibility index (Phi) is 4.59. The number of carbonyl (C=O) groups is 1. The third-order valence-electron chi connectivity index (χ3n) is 5.83. The summed E-state index contributed by atoms with van der Waals surface area (Å²) >= 11 is 0. The summed E-state index contributed by atoms with van der Waals surface area (Å²) < 4.78 is 11.5. The van der Waals surface area contributed by atoms with Crippen molar-refractivity contribution in [3.8, 4) is 0 Å². The van der Waals surface area contributed by atoms with E-state index in [-0.39, 0.29) is 5.78 Å². The second-order valence-corrected chi connectivity index (χ2v) is 7.40. The zero-order chi connectivity index (χ0) is 16.4. The highest BCUT2D eigenvalue weighted by molar-refractivity contribution is 6.10. The van der Waals surface area contributed by atoms with Crippen molar-refractivity contribution in [3.05, 3.63) is 47.3 Å². The van der Waals surface area contributed by atoms with Crippen molar-refractivity contribution in [2.75, 3.05) is 0 Å². The number of ketones is 1. The monoisotopic (exact) mass is 326 g/mol. The van der Waals surface area contributed by atoms with Crippen molar-refractivity contribution in [1.82, 2.24) is 0 Å². The molecule has 4 rings (SSSR count). The average Bonchev–Trinajstić information content (AvgIpc) is 3.32. The molecule has 2 aromatic rings. The molecule has 0 N–H and O–H groups in total. The fourth-order valence-electron chi connectivity index (χ4n) is 4.52. The molecule has 2 aliphatic carbocycles. The third-order valence-corrected chi connectivity index (χ3v) is 5.83. The summed E-state index contributed by atoms with van der Waals surface area (Å²) in [4.78, 5) is 13.2. The maximum atomic E-state index is 13.2. The van der Waals surface area contributed by atoms with E-state index in [0.717, 1.165) is 48.3 Å². The van der Waals surface area contributed by atoms with Crippen LogP contribution >= 0.6 is 0 Å². The zero-order valence-corrected chi connectivity index (χ0v) is 14.3. The van der Waals surface area contributed by atoms with Crippen LogP contribution in [-0.2, 0) is 0 Å². The number of hydrogen-bond acceptors (Lipinski definition) is 3. The number of hydrogen-bond donors (Lipinski definition) is 0. The van der Waals surface area contributed by atoms with Crippen molar-refractivity contribution < 1.29 is 13.6 Å². The Morgan fingerprint density at radius 3 is 1.54 bits per heavy atom. The highest BCUT2D eigenvalue weighted by atomic mass is 16.3. The molecule has 0 spiro atoms. The van der Waals surface area contributed by atoms with Crippen LogP contribution in [-0.4, -0.2) is 5.78 Å². The molecule has 2 aliphatic rings. The Hall–Kier alpha value is -1.77. The molecule has 2 aromatic heterocycles. The standard InChI is InChI=1S/C21H26O3/c22-19(17-11-13-23-20(17)15-7-3-1-4-8-15)18-12-14-24-21(18)16-9-5-2-6-10-16/h11-16H,1-10H2. The van der Waals surface area contributed by atoms with Crippen molar-refractivity contribution >= 4 is 5.78 Å². The molecule has 0 atom stereocenters. The van der Waals surface area contributed by atoms with E-state index in [1.807, 2.05) is 12.1 Å². The summed E-state index contributed by atoms with van der Waals surface area (Å²) in [6.45, 7) is 0. The second-order valence-electron chi connectivity index (χ2n) is 7.40. The largest absolute Gasteiger partial charge is 0.468 e. The Morgan fingerprint density at radius 2 is 1.12 bits per heavy atom. The van der Waals surface area contributed by atoms with Crippen molar-refractivity contribution in [1.29, 1.82) is 0 Å². The Morgan fingerprint density at radius 1 is 0.708 bits per heavy atom. The van der Waals surface area contributed by atoms with Crippen LogP contribution in [0.25, 0.3) is 0 Å². The van der Waals surface area contributed by atoms with Gasteiger partial charge in [-0.15, -0.1) is 0 Å². The molecule has 0 radical (unpaired) electrons. The number of furan rings is 2. The second kappa shape index (κ2) is 7.00. The van der Waals surface area contributed by atoms with Crippen LogP contribution in [0, 0.1) is 0 Å². The minimum atomic E-state index is 0.0821. The molecular weight excluding hydrogens is 300 g/mol. The van der Waals surface area contributed by atoms with Crippen molar-refractivity contribution in [2.45, 2.75) is 76.0 Å². The van der Waals surface area contributed by atoms with Gasteiger partial charge in [0.15, 0.2) is 5.78 Å². The Bertz CT molecular complexity index is 623. The summed E-state index contributed by atoms with van der Waals surface area (Å²) in [6, 6.07) is 3.70. The van der Waals surface area contributed by atoms with Crippen LogP contribution < -0.4 is 0 Å². The van der Waals surface area contributed by atoms with Crippen LogP contribution in [0.4, 0.5) is 0 Å². The highest BCUT2D eigenvalue weighted by Crippen LogP contribution is 2.38. The van der Waals surface area contributed by atoms with E-state index >= 15 is 0 Å². The van der Waals surface area contributed by atoms with Gasteiger partial charge in [0.05, 0.1) is 23.7 Å². The number of rotatable bonds is 4. The zero-order valence-electron chi connectivity index (χ0n) is 14.3. The maximum absolute atomic E-state index is 13.2. The lowest BCUT2D eigenvalue weighted by molar-refractivity contribution is 0.103. The molecule has 2 fully saturated rings. The Balaban J connectivity index is 1.61. The highest BCUT2D eigenvalue weighted by Gasteiger charge is 2.29. The Labute approximate surface area is 143 Å². The molecule has 0 bridgehead atoms. The van der Waals surface area contributed by atoms with Crippen LogP contribution in [0.15, 0.2) is 33.5 Å². The van der Waals surface area contributed by atoms with Gasteiger partial charge >= 0.3 is 0 Å². The van der Waals surface area contributed by atoms with Crippen LogP contribution in [0.5, 0.6) is 0 Å². The van der Waals surface area contributed by atoms with E-state index in [2.05, 4.69) is 0 Å². The van der Waals surface area contributed by atoms with E-state index in [0.29, 0.717) is 11.8 Å². The minimum absolute atomic E-state index is 0.0821. The van der Waals surface area contributed by atoms with Gasteiger partial charge in [-0.25, -0.2) is 0 Å². The molecule has 3 nitrogen and oxygen atoms in total. The van der Waals surface area contributed by atoms with Gasteiger partial charge in [-0.1, -0.05) is 38.5 Å². The van der Waals surface area contributed by atoms with E-state index in [1.54, 1.807) is 12.5 Å². The van der Waals surface area contributed by atoms with Gasteiger partial charge in [0, 0.05) is 11.8 Å². The number of carbonyl (C=O) groups excluding carboxylic acids is 1. The van der Waals surface area contributed by atoms with Gasteiger partial charge in [0.25, 0.3) is 0 Å².